The van der Waals surface area contributed by atoms with Gasteiger partial charge in [0.1, 0.15) is 42.9 Å². The zero-order valence-corrected chi connectivity index (χ0v) is 48.3. The zero-order valence-electron chi connectivity index (χ0n) is 48.3. The minimum Gasteiger partial charge on any atom is -0.490 e. The Balaban J connectivity index is 0.886. The molecule has 6 rings (SSSR count). The highest BCUT2D eigenvalue weighted by Gasteiger charge is 2.29. The Hall–Kier alpha value is -9.42. The molecular weight excluding hydrogens is 1130 g/mol. The number of rotatable bonds is 38. The summed E-state index contributed by atoms with van der Waals surface area (Å²) < 4.78 is 32.9. The number of H-pyrrole nitrogens is 1. The Morgan fingerprint density at radius 3 is 2.09 bits per heavy atom. The van der Waals surface area contributed by atoms with Gasteiger partial charge in [-0.1, -0.05) is 24.3 Å². The highest BCUT2D eigenvalue weighted by Crippen LogP contribution is 2.32. The van der Waals surface area contributed by atoms with Gasteiger partial charge >= 0.3 is 18.1 Å². The minimum atomic E-state index is -1.34. The standard InChI is InChI=1S/C58H73N13O16/c1-36-5-3-6-44(64-36)53-52(69-47(33-59)70-53)39-10-13-43-40(31-39)32-42(34-63-43)86-23-20-62-58(81)87-35-38-8-11-41(12-9-38)66-56(79)45(7-4-19-61-57(60)80)68-54(77)37(2)65-55(78)46(14-17-51(75)76)67-48(72)18-22-82-25-27-84-29-30-85-28-26-83-24-21-71-49(73)15-16-50(71)74/h3,5-6,8-13,15-16,31-32,34,37,45-46H,4,7,14,17-30,33,35,59H2,1-2H3,(H,62,81)(H,65,78)(H,66,79)(H,67,72)(H,68,77)(H,69,70)(H,75,76)(H3,60,61,80)/t37-,45-,46-/m0/s1. The number of hydrogen-bond acceptors (Lipinski definition) is 19. The quantitative estimate of drug-likeness (QED) is 0.0199. The number of imidazole rings is 1. The van der Waals surface area contributed by atoms with Gasteiger partial charge in [0.15, 0.2) is 0 Å². The molecule has 0 spiro atoms. The second-order valence-corrected chi connectivity index (χ2v) is 19.5. The van der Waals surface area contributed by atoms with E-state index in [1.165, 1.54) is 19.1 Å². The van der Waals surface area contributed by atoms with Gasteiger partial charge in [-0.05, 0) is 81.1 Å². The van der Waals surface area contributed by atoms with Crippen molar-refractivity contribution in [2.75, 3.05) is 84.4 Å². The second kappa shape index (κ2) is 35.1. The van der Waals surface area contributed by atoms with Crippen molar-refractivity contribution in [3.8, 4) is 28.4 Å². The summed E-state index contributed by atoms with van der Waals surface area (Å²) >= 11 is 0. The summed E-state index contributed by atoms with van der Waals surface area (Å²) in [5, 5.41) is 25.5. The molecule has 0 unspecified atom stereocenters. The van der Waals surface area contributed by atoms with Gasteiger partial charge in [-0.3, -0.25) is 48.4 Å². The molecule has 29 heteroatoms. The van der Waals surface area contributed by atoms with Crippen LogP contribution in [0.4, 0.5) is 15.3 Å². The van der Waals surface area contributed by atoms with Gasteiger partial charge in [-0.25, -0.2) is 14.6 Å². The Labute approximate surface area is 500 Å². The molecule has 0 aliphatic carbocycles. The largest absolute Gasteiger partial charge is 0.490 e. The Kier molecular flexibility index (Phi) is 26.9. The lowest BCUT2D eigenvalue weighted by Crippen LogP contribution is -2.55. The maximum atomic E-state index is 13.6. The van der Waals surface area contributed by atoms with Crippen LogP contribution in [0.5, 0.6) is 5.75 Å². The van der Waals surface area contributed by atoms with Crippen molar-refractivity contribution >= 4 is 70.1 Å². The third-order valence-electron chi connectivity index (χ3n) is 12.9. The number of nitrogens with two attached hydrogens (primary N) is 2. The van der Waals surface area contributed by atoms with E-state index in [-0.39, 0.29) is 130 Å². The van der Waals surface area contributed by atoms with Gasteiger partial charge in [-0.2, -0.15) is 0 Å². The van der Waals surface area contributed by atoms with Crippen LogP contribution in [0.1, 0.15) is 56.1 Å². The molecule has 0 saturated heterocycles. The van der Waals surface area contributed by atoms with E-state index in [1.807, 2.05) is 49.4 Å². The van der Waals surface area contributed by atoms with Crippen LogP contribution < -0.4 is 48.1 Å². The van der Waals surface area contributed by atoms with Crippen LogP contribution in [-0.2, 0) is 70.4 Å². The number of anilines is 1. The van der Waals surface area contributed by atoms with E-state index in [0.29, 0.717) is 28.5 Å². The number of aryl methyl sites for hydroxylation is 1. The SMILES string of the molecule is Cc1cccc(-c2[nH]c(CN)nc2-c2ccc3ncc(OCCNC(=O)OCc4ccc(NC(=O)[C@H](CCCNC(N)=O)NC(=O)[C@H](C)NC(=O)[C@H](CCC(=O)O)NC(=O)CCOCCOCCOCCOCCN5C(=O)C=CC5=O)cc4)cc3c2)n1. The third-order valence-corrected chi connectivity index (χ3v) is 12.9. The monoisotopic (exact) mass is 1210 g/mol. The van der Waals surface area contributed by atoms with Crippen molar-refractivity contribution in [3.63, 3.8) is 0 Å². The Morgan fingerprint density at radius 1 is 0.724 bits per heavy atom. The molecule has 0 fully saturated rings. The summed E-state index contributed by atoms with van der Waals surface area (Å²) in [7, 11) is 0. The van der Waals surface area contributed by atoms with Gasteiger partial charge in [-0.15, -0.1) is 0 Å². The first-order chi connectivity index (χ1) is 42.0. The van der Waals surface area contributed by atoms with Crippen molar-refractivity contribution in [1.82, 2.24) is 51.4 Å². The van der Waals surface area contributed by atoms with Crippen LogP contribution in [0.25, 0.3) is 33.5 Å². The predicted molar refractivity (Wildman–Crippen MR) is 313 cm³/mol. The number of imide groups is 1. The molecule has 29 nitrogen and oxygen atoms in total. The fourth-order valence-corrected chi connectivity index (χ4v) is 8.37. The van der Waals surface area contributed by atoms with Gasteiger partial charge in [0.05, 0.1) is 101 Å². The molecule has 0 radical (unpaired) electrons. The van der Waals surface area contributed by atoms with E-state index in [2.05, 4.69) is 46.9 Å². The number of aliphatic carboxylic acids is 1. The number of urea groups is 1. The van der Waals surface area contributed by atoms with E-state index in [0.717, 1.165) is 38.4 Å². The Bertz CT molecular complexity index is 3180. The van der Waals surface area contributed by atoms with Crippen LogP contribution in [0.2, 0.25) is 0 Å². The van der Waals surface area contributed by atoms with Crippen LogP contribution in [0.3, 0.4) is 0 Å². The number of alkyl carbamates (subject to hydrolysis) is 1. The number of nitrogens with one attached hydrogen (secondary N) is 7. The number of fused-ring (bicyclic) bond motifs is 1. The topological polar surface area (TPSA) is 411 Å². The fraction of sp³-hybridized carbons (Fsp3) is 0.414. The van der Waals surface area contributed by atoms with Gasteiger partial charge in [0.25, 0.3) is 11.8 Å². The number of aromatic nitrogens is 4. The van der Waals surface area contributed by atoms with E-state index in [4.69, 9.17) is 44.9 Å². The zero-order chi connectivity index (χ0) is 62.5. The molecule has 12 N–H and O–H groups in total. The van der Waals surface area contributed by atoms with Crippen molar-refractivity contribution in [1.29, 1.82) is 0 Å². The van der Waals surface area contributed by atoms with Crippen molar-refractivity contribution in [2.24, 2.45) is 11.5 Å². The summed E-state index contributed by atoms with van der Waals surface area (Å²) in [6.07, 6.45) is 2.55. The molecule has 0 saturated carbocycles. The number of carboxylic acids is 1. The number of benzene rings is 2. The van der Waals surface area contributed by atoms with Crippen molar-refractivity contribution in [3.05, 3.63) is 102 Å². The summed E-state index contributed by atoms with van der Waals surface area (Å²) in [4.78, 5) is 130. The van der Waals surface area contributed by atoms with Gasteiger partial charge < -0.3 is 81.9 Å². The number of carbonyl (C=O) groups excluding carboxylic acids is 8. The first-order valence-corrected chi connectivity index (χ1v) is 28.0. The molecule has 87 heavy (non-hydrogen) atoms. The predicted octanol–water partition coefficient (Wildman–Crippen LogP) is 1.87. The number of amides is 9. The highest BCUT2D eigenvalue weighted by atomic mass is 16.6. The lowest BCUT2D eigenvalue weighted by atomic mass is 10.1. The number of primary amides is 1. The summed E-state index contributed by atoms with van der Waals surface area (Å²) in [6.45, 7) is 5.31. The lowest BCUT2D eigenvalue weighted by molar-refractivity contribution is -0.139. The molecule has 9 amide bonds. The molecule has 4 heterocycles. The van der Waals surface area contributed by atoms with Crippen LogP contribution in [0, 0.1) is 6.92 Å². The molecule has 3 atom stereocenters. The van der Waals surface area contributed by atoms with Crippen LogP contribution in [-0.4, -0.2) is 181 Å². The number of pyridine rings is 2. The van der Waals surface area contributed by atoms with Gasteiger partial charge in [0, 0.05) is 53.9 Å². The third kappa shape index (κ3) is 22.8. The molecule has 466 valence electrons. The smallest absolute Gasteiger partial charge is 0.407 e. The summed E-state index contributed by atoms with van der Waals surface area (Å²) in [5.74, 6) is -3.79. The second-order valence-electron chi connectivity index (χ2n) is 19.5. The van der Waals surface area contributed by atoms with E-state index >= 15 is 0 Å². The summed E-state index contributed by atoms with van der Waals surface area (Å²) in [6, 6.07) is 15.1. The number of aromatic amines is 1. The summed E-state index contributed by atoms with van der Waals surface area (Å²) in [5.41, 5.74) is 16.7. The maximum absolute atomic E-state index is 13.6. The molecule has 3 aromatic heterocycles. The highest BCUT2D eigenvalue weighted by molar-refractivity contribution is 6.12. The number of nitrogens with zero attached hydrogens (tertiary/aromatic N) is 4. The van der Waals surface area contributed by atoms with E-state index in [1.54, 1.807) is 30.5 Å². The average Bonchev–Trinajstić information content (AvgIpc) is 2.44. The minimum absolute atomic E-state index is 0.0218. The molecular formula is C58H73N13O16. The number of hydrogen-bond donors (Lipinski definition) is 10. The van der Waals surface area contributed by atoms with Crippen LogP contribution in [0.15, 0.2) is 85.1 Å². The molecule has 1 aliphatic rings. The first kappa shape index (κ1) is 66.7. The van der Waals surface area contributed by atoms with Crippen molar-refractivity contribution < 1.29 is 76.7 Å². The van der Waals surface area contributed by atoms with Crippen LogP contribution >= 0.6 is 0 Å². The number of ether oxygens (including phenoxy) is 6. The molecule has 5 aromatic rings. The molecule has 1 aliphatic heterocycles. The first-order valence-electron chi connectivity index (χ1n) is 28.0. The Morgan fingerprint density at radius 2 is 1.41 bits per heavy atom. The van der Waals surface area contributed by atoms with Gasteiger partial charge in [0.2, 0.25) is 23.6 Å². The molecule has 2 aromatic carbocycles. The molecule has 0 bridgehead atoms. The van der Waals surface area contributed by atoms with Crippen molar-refractivity contribution in [2.45, 2.75) is 77.2 Å². The normalized spacial score (nSPS) is 12.9. The lowest BCUT2D eigenvalue weighted by Gasteiger charge is -2.23. The average molecular weight is 1210 g/mol. The number of carboxylic acid groups (broad SMARTS) is 1. The van der Waals surface area contributed by atoms with E-state index in [9.17, 15) is 48.3 Å². The maximum Gasteiger partial charge on any atom is 0.407 e. The fourth-order valence-electron chi connectivity index (χ4n) is 8.37. The van der Waals surface area contributed by atoms with E-state index < -0.39 is 66.3 Å². The number of carbonyl (C=O) groups is 9.